The van der Waals surface area contributed by atoms with Crippen LogP contribution in [-0.2, 0) is 37.9 Å². The van der Waals surface area contributed by atoms with Gasteiger partial charge in [0.1, 0.15) is 6.42 Å². The average molecular weight is 216 g/mol. The van der Waals surface area contributed by atoms with Gasteiger partial charge < -0.3 is 18.7 Å². The molecule has 0 amide bonds. The first-order chi connectivity index (χ1) is 7.02. The van der Waals surface area contributed by atoms with Crippen molar-refractivity contribution in [2.24, 2.45) is 0 Å². The first-order valence-electron chi connectivity index (χ1n) is 3.71. The number of carbonyl (C=O) groups is 4. The van der Waals surface area contributed by atoms with Crippen LogP contribution >= 0.6 is 0 Å². The van der Waals surface area contributed by atoms with E-state index >= 15 is 0 Å². The Balaban J connectivity index is 2.51. The van der Waals surface area contributed by atoms with Crippen LogP contribution in [0.15, 0.2) is 0 Å². The highest BCUT2D eigenvalue weighted by molar-refractivity contribution is 6.50. The van der Waals surface area contributed by atoms with Gasteiger partial charge in [-0.3, -0.25) is 9.59 Å². The molecular formula is C6H5BO8. The summed E-state index contributed by atoms with van der Waals surface area (Å²) in [5.74, 6) is -4.54. The molecule has 0 spiro atoms. The van der Waals surface area contributed by atoms with Gasteiger partial charge in [0.2, 0.25) is 0 Å². The number of hydrogen-bond acceptors (Lipinski definition) is 8. The Morgan fingerprint density at radius 1 is 1.20 bits per heavy atom. The summed E-state index contributed by atoms with van der Waals surface area (Å²) in [6.45, 7) is 0. The van der Waals surface area contributed by atoms with Crippen LogP contribution in [0.3, 0.4) is 0 Å². The van der Waals surface area contributed by atoms with E-state index in [2.05, 4.69) is 18.7 Å². The lowest BCUT2D eigenvalue weighted by molar-refractivity contribution is -0.166. The second kappa shape index (κ2) is 4.44. The van der Waals surface area contributed by atoms with Gasteiger partial charge in [-0.05, 0) is 0 Å². The Hall–Kier alpha value is -2.06. The van der Waals surface area contributed by atoms with Crippen molar-refractivity contribution in [3.05, 3.63) is 0 Å². The van der Waals surface area contributed by atoms with E-state index in [0.29, 0.717) is 0 Å². The molecule has 9 heteroatoms. The van der Waals surface area contributed by atoms with E-state index in [0.717, 1.165) is 7.11 Å². The molecule has 1 aliphatic heterocycles. The molecule has 8 nitrogen and oxygen atoms in total. The average Bonchev–Trinajstić information content (AvgIpc) is 2.14. The molecule has 1 rings (SSSR count). The van der Waals surface area contributed by atoms with Gasteiger partial charge in [-0.2, -0.15) is 0 Å². The van der Waals surface area contributed by atoms with Crippen LogP contribution in [0.1, 0.15) is 6.42 Å². The van der Waals surface area contributed by atoms with Crippen molar-refractivity contribution in [1.29, 1.82) is 0 Å². The molecule has 0 bridgehead atoms. The van der Waals surface area contributed by atoms with E-state index in [1.165, 1.54) is 0 Å². The molecule has 1 heterocycles. The summed E-state index contributed by atoms with van der Waals surface area (Å²) in [4.78, 5) is 42.7. The fraction of sp³-hybridized carbons (Fsp3) is 0.333. The van der Waals surface area contributed by atoms with Crippen LogP contribution in [0, 0.1) is 0 Å². The third-order valence-electron chi connectivity index (χ3n) is 1.30. The fourth-order valence-corrected chi connectivity index (χ4v) is 0.707. The Kier molecular flexibility index (Phi) is 3.27. The maximum Gasteiger partial charge on any atom is 0.870 e. The lowest BCUT2D eigenvalue weighted by Crippen LogP contribution is -2.41. The summed E-state index contributed by atoms with van der Waals surface area (Å²) in [5, 5.41) is 0. The molecule has 1 fully saturated rings. The van der Waals surface area contributed by atoms with E-state index in [-0.39, 0.29) is 0 Å². The zero-order valence-electron chi connectivity index (χ0n) is 7.55. The van der Waals surface area contributed by atoms with Crippen molar-refractivity contribution in [2.45, 2.75) is 6.42 Å². The summed E-state index contributed by atoms with van der Waals surface area (Å²) in [6.07, 6.45) is -0.563. The predicted octanol–water partition coefficient (Wildman–Crippen LogP) is -1.82. The highest BCUT2D eigenvalue weighted by Crippen LogP contribution is 2.05. The maximum absolute atomic E-state index is 10.8. The molecule has 0 radical (unpaired) electrons. The zero-order chi connectivity index (χ0) is 11.4. The standard InChI is InChI=1S/C6H5BO8/c1-12-5(10)6(11)15-7-13-3(8)2-4(9)14-7/h2H2,1H3. The fourth-order valence-electron chi connectivity index (χ4n) is 0.707. The van der Waals surface area contributed by atoms with Gasteiger partial charge in [-0.15, -0.1) is 0 Å². The van der Waals surface area contributed by atoms with Crippen LogP contribution in [0.25, 0.3) is 0 Å². The van der Waals surface area contributed by atoms with Crippen LogP contribution in [0.4, 0.5) is 0 Å². The Morgan fingerprint density at radius 3 is 2.20 bits per heavy atom. The van der Waals surface area contributed by atoms with E-state index in [1.54, 1.807) is 0 Å². The summed E-state index contributed by atoms with van der Waals surface area (Å²) in [6, 6.07) is 0. The second-order valence-corrected chi connectivity index (χ2v) is 2.34. The van der Waals surface area contributed by atoms with Crippen LogP contribution < -0.4 is 0 Å². The zero-order valence-corrected chi connectivity index (χ0v) is 7.55. The highest BCUT2D eigenvalue weighted by Gasteiger charge is 2.42. The molecule has 0 aromatic heterocycles. The molecule has 0 N–H and O–H groups in total. The SMILES string of the molecule is COC(=O)C(=O)OB1OC(=O)CC(=O)O1. The van der Waals surface area contributed by atoms with Crippen molar-refractivity contribution in [3.63, 3.8) is 0 Å². The third-order valence-corrected chi connectivity index (χ3v) is 1.30. The molecule has 0 unspecified atom stereocenters. The van der Waals surface area contributed by atoms with E-state index < -0.39 is 37.6 Å². The minimum absolute atomic E-state index is 0.563. The molecule has 0 aromatic rings. The van der Waals surface area contributed by atoms with Crippen molar-refractivity contribution >= 4 is 31.2 Å². The van der Waals surface area contributed by atoms with Crippen molar-refractivity contribution in [2.75, 3.05) is 7.11 Å². The van der Waals surface area contributed by atoms with E-state index in [1.807, 2.05) is 0 Å². The lowest BCUT2D eigenvalue weighted by atomic mass is 10.2. The van der Waals surface area contributed by atoms with Crippen molar-refractivity contribution < 1.29 is 37.9 Å². The van der Waals surface area contributed by atoms with Crippen molar-refractivity contribution in [1.82, 2.24) is 0 Å². The van der Waals surface area contributed by atoms with Gasteiger partial charge in [0.15, 0.2) is 0 Å². The van der Waals surface area contributed by atoms with Crippen LogP contribution in [-0.4, -0.2) is 38.3 Å². The second-order valence-electron chi connectivity index (χ2n) is 2.34. The quantitative estimate of drug-likeness (QED) is 0.218. The molecule has 15 heavy (non-hydrogen) atoms. The van der Waals surface area contributed by atoms with Gasteiger partial charge >= 0.3 is 31.2 Å². The molecule has 0 aliphatic carbocycles. The Bertz CT molecular complexity index is 307. The van der Waals surface area contributed by atoms with Gasteiger partial charge in [0.05, 0.1) is 7.11 Å². The topological polar surface area (TPSA) is 105 Å². The molecule has 1 aliphatic rings. The molecular weight excluding hydrogens is 211 g/mol. The van der Waals surface area contributed by atoms with E-state index in [4.69, 9.17) is 0 Å². The van der Waals surface area contributed by atoms with Crippen molar-refractivity contribution in [3.8, 4) is 0 Å². The molecule has 0 saturated carbocycles. The first kappa shape index (κ1) is 11.0. The number of rotatable bonds is 1. The normalized spacial score (nSPS) is 15.1. The number of esters is 1. The van der Waals surface area contributed by atoms with Crippen LogP contribution in [0.2, 0.25) is 0 Å². The lowest BCUT2D eigenvalue weighted by Gasteiger charge is -2.16. The highest BCUT2D eigenvalue weighted by atomic mass is 16.8. The number of carbonyl (C=O) groups excluding carboxylic acids is 4. The monoisotopic (exact) mass is 216 g/mol. The molecule has 1 saturated heterocycles. The summed E-state index contributed by atoms with van der Waals surface area (Å²) < 4.78 is 16.8. The van der Waals surface area contributed by atoms with Gasteiger partial charge in [-0.25, -0.2) is 9.59 Å². The first-order valence-corrected chi connectivity index (χ1v) is 3.71. The Labute approximate surface area is 83.6 Å². The smallest absolute Gasteiger partial charge is 0.461 e. The molecule has 80 valence electrons. The number of ether oxygens (including phenoxy) is 1. The minimum Gasteiger partial charge on any atom is -0.461 e. The summed E-state index contributed by atoms with van der Waals surface area (Å²) in [5.41, 5.74) is 0. The van der Waals surface area contributed by atoms with Crippen LogP contribution in [0.5, 0.6) is 0 Å². The maximum atomic E-state index is 10.8. The molecule has 0 aromatic carbocycles. The Morgan fingerprint density at radius 2 is 1.73 bits per heavy atom. The van der Waals surface area contributed by atoms with Gasteiger partial charge in [0.25, 0.3) is 0 Å². The van der Waals surface area contributed by atoms with Gasteiger partial charge in [0, 0.05) is 0 Å². The van der Waals surface area contributed by atoms with Gasteiger partial charge in [-0.1, -0.05) is 0 Å². The van der Waals surface area contributed by atoms with E-state index in [9.17, 15) is 19.2 Å². The summed E-state index contributed by atoms with van der Waals surface area (Å²) in [7, 11) is -0.868. The largest absolute Gasteiger partial charge is 0.870 e. The number of hydrogen-bond donors (Lipinski definition) is 0. The minimum atomic E-state index is -1.83. The molecule has 0 atom stereocenters. The predicted molar refractivity (Wildman–Crippen MR) is 40.7 cm³/mol. The summed E-state index contributed by atoms with van der Waals surface area (Å²) >= 11 is 0. The third kappa shape index (κ3) is 2.97. The number of methoxy groups -OCH3 is 1.